The van der Waals surface area contributed by atoms with Crippen LogP contribution in [0.15, 0.2) is 12.3 Å². The average Bonchev–Trinajstić information content (AvgIpc) is 2.34. The van der Waals surface area contributed by atoms with E-state index in [1.54, 1.807) is 6.20 Å². The van der Waals surface area contributed by atoms with Crippen LogP contribution < -0.4 is 16.8 Å². The van der Waals surface area contributed by atoms with Gasteiger partial charge in [0.05, 0.1) is 17.4 Å². The number of hydrogen-bond donors (Lipinski definition) is 3. The maximum atomic E-state index is 11.4. The number of pyridine rings is 1. The van der Waals surface area contributed by atoms with Crippen molar-refractivity contribution >= 4 is 17.4 Å². The predicted octanol–water partition coefficient (Wildman–Crippen LogP) is 0.269. The van der Waals surface area contributed by atoms with Crippen LogP contribution in [0.3, 0.4) is 0 Å². The van der Waals surface area contributed by atoms with Crippen LogP contribution in [0, 0.1) is 0 Å². The number of aromatic nitrogens is 1. The van der Waals surface area contributed by atoms with Gasteiger partial charge in [-0.15, -0.1) is 0 Å². The number of nitrogen functional groups attached to an aromatic ring is 1. The minimum absolute atomic E-state index is 0.303. The lowest BCUT2D eigenvalue weighted by atomic mass is 10.0. The molecular weight excluding hydrogens is 230 g/mol. The largest absolute Gasteiger partial charge is 0.384 e. The molecule has 0 aliphatic carbocycles. The Morgan fingerprint density at radius 3 is 2.78 bits per heavy atom. The Morgan fingerprint density at radius 2 is 2.17 bits per heavy atom. The number of nitrogens with two attached hydrogens (primary N) is 2. The van der Waals surface area contributed by atoms with Gasteiger partial charge in [0.1, 0.15) is 5.82 Å². The lowest BCUT2D eigenvalue weighted by Crippen LogP contribution is -2.37. The smallest absolute Gasteiger partial charge is 0.250 e. The van der Waals surface area contributed by atoms with E-state index < -0.39 is 5.91 Å². The first kappa shape index (κ1) is 12.6. The third kappa shape index (κ3) is 2.89. The maximum Gasteiger partial charge on any atom is 0.250 e. The number of nitrogens with zero attached hydrogens (tertiary/aromatic N) is 2. The molecule has 1 aliphatic rings. The molecule has 1 aromatic heterocycles. The molecule has 1 amide bonds. The summed E-state index contributed by atoms with van der Waals surface area (Å²) in [6.07, 6.45) is 3.66. The summed E-state index contributed by atoms with van der Waals surface area (Å²) in [6.45, 7) is 2.10. The summed E-state index contributed by atoms with van der Waals surface area (Å²) >= 11 is 0. The van der Waals surface area contributed by atoms with Gasteiger partial charge in [-0.25, -0.2) is 4.98 Å². The Bertz CT molecular complexity index is 440. The fourth-order valence-corrected chi connectivity index (χ4v) is 2.16. The zero-order valence-corrected chi connectivity index (χ0v) is 10.5. The molecule has 0 radical (unpaired) electrons. The second-order valence-corrected chi connectivity index (χ2v) is 4.74. The molecule has 0 saturated carbocycles. The first-order chi connectivity index (χ1) is 8.56. The maximum absolute atomic E-state index is 11.4. The molecule has 0 unspecified atom stereocenters. The standard InChI is InChI=1S/C12H19N5O/c1-17-4-2-8(3-5-17)16-10-7-15-11(13)6-9(10)12(14)18/h6-8,16H,2-5H2,1H3,(H2,13,15)(H2,14,18). The van der Waals surface area contributed by atoms with Gasteiger partial charge in [0, 0.05) is 6.04 Å². The summed E-state index contributed by atoms with van der Waals surface area (Å²) in [5.74, 6) is -0.183. The number of piperidine rings is 1. The van der Waals surface area contributed by atoms with E-state index in [0.29, 0.717) is 23.1 Å². The zero-order valence-electron chi connectivity index (χ0n) is 10.5. The Kier molecular flexibility index (Phi) is 3.66. The van der Waals surface area contributed by atoms with Crippen LogP contribution in [0.5, 0.6) is 0 Å². The van der Waals surface area contributed by atoms with Crippen molar-refractivity contribution in [2.24, 2.45) is 5.73 Å². The summed E-state index contributed by atoms with van der Waals surface area (Å²) in [5.41, 5.74) is 12.0. The number of amides is 1. The highest BCUT2D eigenvalue weighted by Crippen LogP contribution is 2.20. The molecule has 2 heterocycles. The van der Waals surface area contributed by atoms with E-state index in [-0.39, 0.29) is 0 Å². The predicted molar refractivity (Wildman–Crippen MR) is 71.3 cm³/mol. The van der Waals surface area contributed by atoms with Crippen LogP contribution in [-0.4, -0.2) is 42.0 Å². The third-order valence-electron chi connectivity index (χ3n) is 3.27. The number of likely N-dealkylation sites (tertiary alicyclic amines) is 1. The highest BCUT2D eigenvalue weighted by molar-refractivity contribution is 5.99. The lowest BCUT2D eigenvalue weighted by Gasteiger charge is -2.30. The van der Waals surface area contributed by atoms with E-state index in [1.165, 1.54) is 6.07 Å². The van der Waals surface area contributed by atoms with Crippen molar-refractivity contribution in [3.63, 3.8) is 0 Å². The minimum Gasteiger partial charge on any atom is -0.384 e. The fraction of sp³-hybridized carbons (Fsp3) is 0.500. The Labute approximate surface area is 106 Å². The van der Waals surface area contributed by atoms with Crippen LogP contribution in [0.4, 0.5) is 11.5 Å². The number of primary amides is 1. The Hall–Kier alpha value is -1.82. The molecule has 2 rings (SSSR count). The average molecular weight is 249 g/mol. The number of carbonyl (C=O) groups is 1. The Balaban J connectivity index is 2.11. The minimum atomic E-state index is -0.487. The van der Waals surface area contributed by atoms with Crippen molar-refractivity contribution in [1.29, 1.82) is 0 Å². The second-order valence-electron chi connectivity index (χ2n) is 4.74. The van der Waals surface area contributed by atoms with Crippen molar-refractivity contribution in [3.8, 4) is 0 Å². The van der Waals surface area contributed by atoms with Crippen LogP contribution in [-0.2, 0) is 0 Å². The van der Waals surface area contributed by atoms with Gasteiger partial charge in [-0.05, 0) is 39.0 Å². The topological polar surface area (TPSA) is 97.3 Å². The van der Waals surface area contributed by atoms with E-state index in [4.69, 9.17) is 11.5 Å². The first-order valence-corrected chi connectivity index (χ1v) is 6.06. The van der Waals surface area contributed by atoms with Crippen molar-refractivity contribution < 1.29 is 4.79 Å². The van der Waals surface area contributed by atoms with Crippen LogP contribution in [0.1, 0.15) is 23.2 Å². The number of rotatable bonds is 3. The van der Waals surface area contributed by atoms with Gasteiger partial charge in [-0.3, -0.25) is 4.79 Å². The molecule has 0 aromatic carbocycles. The zero-order chi connectivity index (χ0) is 13.1. The molecule has 18 heavy (non-hydrogen) atoms. The van der Waals surface area contributed by atoms with Gasteiger partial charge in [0.2, 0.25) is 0 Å². The molecule has 0 bridgehead atoms. The van der Waals surface area contributed by atoms with E-state index in [9.17, 15) is 4.79 Å². The summed E-state index contributed by atoms with van der Waals surface area (Å²) in [6, 6.07) is 1.87. The third-order valence-corrected chi connectivity index (χ3v) is 3.27. The summed E-state index contributed by atoms with van der Waals surface area (Å²) < 4.78 is 0. The number of anilines is 2. The fourth-order valence-electron chi connectivity index (χ4n) is 2.16. The molecule has 6 nitrogen and oxygen atoms in total. The molecule has 5 N–H and O–H groups in total. The lowest BCUT2D eigenvalue weighted by molar-refractivity contribution is 0.100. The quantitative estimate of drug-likeness (QED) is 0.714. The molecule has 1 aliphatic heterocycles. The van der Waals surface area contributed by atoms with E-state index in [2.05, 4.69) is 22.2 Å². The summed E-state index contributed by atoms with van der Waals surface area (Å²) in [4.78, 5) is 17.6. The monoisotopic (exact) mass is 249 g/mol. The van der Waals surface area contributed by atoms with Gasteiger partial charge < -0.3 is 21.7 Å². The van der Waals surface area contributed by atoms with Crippen molar-refractivity contribution in [1.82, 2.24) is 9.88 Å². The van der Waals surface area contributed by atoms with Gasteiger partial charge in [-0.2, -0.15) is 0 Å². The van der Waals surface area contributed by atoms with Gasteiger partial charge in [0.15, 0.2) is 0 Å². The van der Waals surface area contributed by atoms with Gasteiger partial charge >= 0.3 is 0 Å². The van der Waals surface area contributed by atoms with Crippen molar-refractivity contribution in [3.05, 3.63) is 17.8 Å². The molecule has 1 saturated heterocycles. The Morgan fingerprint density at radius 1 is 1.50 bits per heavy atom. The van der Waals surface area contributed by atoms with Crippen LogP contribution in [0.2, 0.25) is 0 Å². The highest BCUT2D eigenvalue weighted by Gasteiger charge is 2.18. The normalized spacial score (nSPS) is 17.6. The highest BCUT2D eigenvalue weighted by atomic mass is 16.1. The van der Waals surface area contributed by atoms with E-state index in [0.717, 1.165) is 25.9 Å². The van der Waals surface area contributed by atoms with E-state index in [1.807, 2.05) is 0 Å². The molecule has 1 fully saturated rings. The summed E-state index contributed by atoms with van der Waals surface area (Å²) in [5, 5.41) is 3.33. The SMILES string of the molecule is CN1CCC(Nc2cnc(N)cc2C(N)=O)CC1. The van der Waals surface area contributed by atoms with Gasteiger partial charge in [0.25, 0.3) is 5.91 Å². The molecule has 6 heteroatoms. The molecular formula is C12H19N5O. The number of nitrogens with one attached hydrogen (secondary N) is 1. The number of hydrogen-bond acceptors (Lipinski definition) is 5. The molecule has 1 aromatic rings. The van der Waals surface area contributed by atoms with Crippen LogP contribution in [0.25, 0.3) is 0 Å². The number of carbonyl (C=O) groups excluding carboxylic acids is 1. The molecule has 0 atom stereocenters. The van der Waals surface area contributed by atoms with Gasteiger partial charge in [-0.1, -0.05) is 0 Å². The second kappa shape index (κ2) is 5.22. The van der Waals surface area contributed by atoms with Crippen molar-refractivity contribution in [2.75, 3.05) is 31.2 Å². The van der Waals surface area contributed by atoms with Crippen LogP contribution >= 0.6 is 0 Å². The van der Waals surface area contributed by atoms with Crippen molar-refractivity contribution in [2.45, 2.75) is 18.9 Å². The molecule has 0 spiro atoms. The van der Waals surface area contributed by atoms with E-state index >= 15 is 0 Å². The first-order valence-electron chi connectivity index (χ1n) is 6.06. The summed E-state index contributed by atoms with van der Waals surface area (Å²) in [7, 11) is 2.11. The molecule has 98 valence electrons.